The number of H-pyrrole nitrogens is 1. The molecule has 0 saturated carbocycles. The van der Waals surface area contributed by atoms with Gasteiger partial charge in [-0.05, 0) is 67.1 Å². The van der Waals surface area contributed by atoms with Gasteiger partial charge in [-0.15, -0.1) is 0 Å². The first kappa shape index (κ1) is 19.4. The highest BCUT2D eigenvalue weighted by Crippen LogP contribution is 2.45. The van der Waals surface area contributed by atoms with Crippen molar-refractivity contribution in [2.45, 2.75) is 37.8 Å². The maximum Gasteiger partial charge on any atom is 0.328 e. The van der Waals surface area contributed by atoms with Crippen LogP contribution in [0.5, 0.6) is 5.75 Å². The lowest BCUT2D eigenvalue weighted by Crippen LogP contribution is -2.38. The quantitative estimate of drug-likeness (QED) is 0.673. The number of ether oxygens (including phenoxy) is 1. The third-order valence-electron chi connectivity index (χ3n) is 6.70. The molecule has 1 aliphatic carbocycles. The molecule has 3 atom stereocenters. The molecule has 1 fully saturated rings. The number of halogens is 1. The Morgan fingerprint density at radius 3 is 2.93 bits per heavy atom. The van der Waals surface area contributed by atoms with Crippen molar-refractivity contribution in [2.75, 3.05) is 13.7 Å². The standard InChI is InChI=1S/C23H24ClN3O3/c1-30-20-4-2-3-16-15(20)7-5-13-12-25-18(21(13)16)9-10-27-22(28)17-8-6-14(24)11-19(17)26-23(27)29/h2-4,6,8,11,13,18,21,25H,5,7,9-10,12H2,1H3,(H,26,29). The molecule has 1 aromatic heterocycles. The second kappa shape index (κ2) is 7.60. The summed E-state index contributed by atoms with van der Waals surface area (Å²) in [7, 11) is 1.72. The molecule has 2 N–H and O–H groups in total. The molecular weight excluding hydrogens is 402 g/mol. The van der Waals surface area contributed by atoms with Gasteiger partial charge in [0.05, 0.1) is 18.0 Å². The molecule has 0 amide bonds. The number of benzene rings is 2. The molecule has 6 nitrogen and oxygen atoms in total. The zero-order valence-corrected chi connectivity index (χ0v) is 17.5. The van der Waals surface area contributed by atoms with Gasteiger partial charge in [0.15, 0.2) is 0 Å². The van der Waals surface area contributed by atoms with E-state index in [1.165, 1.54) is 15.7 Å². The fourth-order valence-electron chi connectivity index (χ4n) is 5.30. The summed E-state index contributed by atoms with van der Waals surface area (Å²) in [5.74, 6) is 1.90. The number of rotatable bonds is 4. The van der Waals surface area contributed by atoms with Crippen LogP contribution in [0.2, 0.25) is 5.02 Å². The maximum atomic E-state index is 12.9. The van der Waals surface area contributed by atoms with E-state index in [9.17, 15) is 9.59 Å². The molecule has 7 heteroatoms. The van der Waals surface area contributed by atoms with E-state index < -0.39 is 5.69 Å². The second-order valence-corrected chi connectivity index (χ2v) is 8.67. The highest BCUT2D eigenvalue weighted by atomic mass is 35.5. The first-order chi connectivity index (χ1) is 14.6. The molecule has 3 aromatic rings. The monoisotopic (exact) mass is 425 g/mol. The van der Waals surface area contributed by atoms with Crippen molar-refractivity contribution in [2.24, 2.45) is 5.92 Å². The maximum absolute atomic E-state index is 12.9. The SMILES string of the molecule is COc1cccc2c1CCC1CNC(CCn3c(=O)[nH]c4cc(Cl)ccc4c3=O)C21. The largest absolute Gasteiger partial charge is 0.496 e. The van der Waals surface area contributed by atoms with Crippen LogP contribution in [-0.2, 0) is 13.0 Å². The van der Waals surface area contributed by atoms with Crippen LogP contribution >= 0.6 is 11.6 Å². The third kappa shape index (κ3) is 3.15. The number of nitrogens with one attached hydrogen (secondary N) is 2. The van der Waals surface area contributed by atoms with E-state index in [0.717, 1.165) is 25.1 Å². The molecule has 2 aromatic carbocycles. The zero-order valence-electron chi connectivity index (χ0n) is 16.8. The Morgan fingerprint density at radius 2 is 2.10 bits per heavy atom. The third-order valence-corrected chi connectivity index (χ3v) is 6.94. The van der Waals surface area contributed by atoms with Crippen molar-refractivity contribution in [1.82, 2.24) is 14.9 Å². The molecule has 1 aliphatic heterocycles. The predicted molar refractivity (Wildman–Crippen MR) is 118 cm³/mol. The molecule has 30 heavy (non-hydrogen) atoms. The molecule has 0 spiro atoms. The van der Waals surface area contributed by atoms with Gasteiger partial charge in [-0.2, -0.15) is 0 Å². The van der Waals surface area contributed by atoms with Crippen LogP contribution < -0.4 is 21.3 Å². The van der Waals surface area contributed by atoms with E-state index in [2.05, 4.69) is 22.4 Å². The van der Waals surface area contributed by atoms with Gasteiger partial charge in [-0.3, -0.25) is 9.36 Å². The van der Waals surface area contributed by atoms with Crippen LogP contribution in [0, 0.1) is 5.92 Å². The van der Waals surface area contributed by atoms with Gasteiger partial charge in [0.1, 0.15) is 5.75 Å². The van der Waals surface area contributed by atoms with Gasteiger partial charge in [0, 0.05) is 23.5 Å². The van der Waals surface area contributed by atoms with E-state index in [1.807, 2.05) is 6.07 Å². The van der Waals surface area contributed by atoms with Gasteiger partial charge in [0.2, 0.25) is 0 Å². The lowest BCUT2D eigenvalue weighted by Gasteiger charge is -2.32. The van der Waals surface area contributed by atoms with Crippen LogP contribution in [0.4, 0.5) is 0 Å². The molecule has 2 heterocycles. The van der Waals surface area contributed by atoms with Crippen LogP contribution in [0.1, 0.15) is 29.9 Å². The van der Waals surface area contributed by atoms with Crippen LogP contribution in [-0.4, -0.2) is 29.2 Å². The lowest BCUT2D eigenvalue weighted by atomic mass is 9.73. The van der Waals surface area contributed by atoms with Crippen molar-refractivity contribution in [3.8, 4) is 5.75 Å². The van der Waals surface area contributed by atoms with Gasteiger partial charge in [0.25, 0.3) is 5.56 Å². The van der Waals surface area contributed by atoms with Crippen molar-refractivity contribution in [3.05, 3.63) is 73.4 Å². The topological polar surface area (TPSA) is 76.1 Å². The smallest absolute Gasteiger partial charge is 0.328 e. The van der Waals surface area contributed by atoms with Crippen molar-refractivity contribution >= 4 is 22.5 Å². The summed E-state index contributed by atoms with van der Waals surface area (Å²) >= 11 is 5.99. The van der Waals surface area contributed by atoms with Crippen LogP contribution in [0.3, 0.4) is 0 Å². The summed E-state index contributed by atoms with van der Waals surface area (Å²) in [6.07, 6.45) is 2.86. The summed E-state index contributed by atoms with van der Waals surface area (Å²) in [4.78, 5) is 28.2. The lowest BCUT2D eigenvalue weighted by molar-refractivity contribution is 0.371. The normalized spacial score (nSPS) is 22.7. The fraction of sp³-hybridized carbons (Fsp3) is 0.391. The zero-order chi connectivity index (χ0) is 20.8. The number of nitrogens with zero attached hydrogens (tertiary/aromatic N) is 1. The summed E-state index contributed by atoms with van der Waals surface area (Å²) in [5.41, 5.74) is 2.45. The minimum Gasteiger partial charge on any atom is -0.496 e. The summed E-state index contributed by atoms with van der Waals surface area (Å²) in [6.45, 7) is 1.33. The molecule has 2 aliphatic rings. The average molecular weight is 426 g/mol. The number of aromatic amines is 1. The summed E-state index contributed by atoms with van der Waals surface area (Å²) < 4.78 is 6.89. The van der Waals surface area contributed by atoms with E-state index >= 15 is 0 Å². The first-order valence-electron chi connectivity index (χ1n) is 10.4. The highest BCUT2D eigenvalue weighted by molar-refractivity contribution is 6.31. The van der Waals surface area contributed by atoms with Gasteiger partial charge in [-0.1, -0.05) is 23.7 Å². The molecular formula is C23H24ClN3O3. The molecule has 1 saturated heterocycles. The number of aromatic nitrogens is 2. The Balaban J connectivity index is 1.44. The van der Waals surface area contributed by atoms with E-state index in [1.54, 1.807) is 25.3 Å². The van der Waals surface area contributed by atoms with Crippen LogP contribution in [0.25, 0.3) is 10.9 Å². The van der Waals surface area contributed by atoms with E-state index in [-0.39, 0.29) is 11.6 Å². The Kier molecular flexibility index (Phi) is 4.91. The Hall–Kier alpha value is -2.57. The van der Waals surface area contributed by atoms with Crippen molar-refractivity contribution < 1.29 is 4.74 Å². The Labute approximate surface area is 178 Å². The van der Waals surface area contributed by atoms with Gasteiger partial charge in [-0.25, -0.2) is 4.79 Å². The molecule has 0 bridgehead atoms. The summed E-state index contributed by atoms with van der Waals surface area (Å²) in [5, 5.41) is 4.61. The second-order valence-electron chi connectivity index (χ2n) is 8.23. The van der Waals surface area contributed by atoms with Gasteiger partial charge < -0.3 is 15.0 Å². The van der Waals surface area contributed by atoms with Crippen molar-refractivity contribution in [3.63, 3.8) is 0 Å². The molecule has 156 valence electrons. The first-order valence-corrected chi connectivity index (χ1v) is 10.8. The minimum absolute atomic E-state index is 0.216. The van der Waals surface area contributed by atoms with Gasteiger partial charge >= 0.3 is 5.69 Å². The molecule has 3 unspecified atom stereocenters. The summed E-state index contributed by atoms with van der Waals surface area (Å²) in [6, 6.07) is 11.4. The van der Waals surface area contributed by atoms with E-state index in [4.69, 9.17) is 16.3 Å². The minimum atomic E-state index is -0.393. The number of hydrogen-bond acceptors (Lipinski definition) is 4. The predicted octanol–water partition coefficient (Wildman–Crippen LogP) is 3.06. The Morgan fingerprint density at radius 1 is 1.23 bits per heavy atom. The Bertz CT molecular complexity index is 1230. The average Bonchev–Trinajstić information content (AvgIpc) is 3.16. The molecule has 5 rings (SSSR count). The fourth-order valence-corrected chi connectivity index (χ4v) is 5.47. The van der Waals surface area contributed by atoms with Crippen molar-refractivity contribution in [1.29, 1.82) is 0 Å². The number of methoxy groups -OCH3 is 1. The number of fused-ring (bicyclic) bond motifs is 4. The van der Waals surface area contributed by atoms with E-state index in [0.29, 0.717) is 40.7 Å². The van der Waals surface area contributed by atoms with Crippen LogP contribution in [0.15, 0.2) is 46.0 Å². The highest BCUT2D eigenvalue weighted by Gasteiger charge is 2.40. The number of hydrogen-bond donors (Lipinski definition) is 2. The molecule has 0 radical (unpaired) electrons.